The van der Waals surface area contributed by atoms with Gasteiger partial charge in [0.25, 0.3) is 0 Å². The van der Waals surface area contributed by atoms with E-state index in [-0.39, 0.29) is 0 Å². The SMILES string of the molecule is CCCCN(c1cccc(C(F)(F)F)c1)c1nc2ccccc2o1. The van der Waals surface area contributed by atoms with Crippen molar-refractivity contribution in [2.45, 2.75) is 25.9 Å². The molecule has 0 amide bonds. The Labute approximate surface area is 137 Å². The molecule has 3 rings (SSSR count). The molecule has 24 heavy (non-hydrogen) atoms. The van der Waals surface area contributed by atoms with Gasteiger partial charge in [-0.1, -0.05) is 31.5 Å². The molecule has 0 N–H and O–H groups in total. The maximum atomic E-state index is 13.0. The number of hydrogen-bond acceptors (Lipinski definition) is 3. The van der Waals surface area contributed by atoms with Crippen molar-refractivity contribution in [1.29, 1.82) is 0 Å². The third kappa shape index (κ3) is 3.37. The van der Waals surface area contributed by atoms with Crippen LogP contribution in [0.2, 0.25) is 0 Å². The predicted octanol–water partition coefficient (Wildman–Crippen LogP) is 5.78. The number of rotatable bonds is 5. The Kier molecular flexibility index (Phi) is 4.46. The van der Waals surface area contributed by atoms with Gasteiger partial charge in [0.15, 0.2) is 5.58 Å². The van der Waals surface area contributed by atoms with Gasteiger partial charge in [-0.2, -0.15) is 18.2 Å². The second-order valence-electron chi connectivity index (χ2n) is 5.52. The molecular formula is C18H17F3N2O. The van der Waals surface area contributed by atoms with E-state index >= 15 is 0 Å². The summed E-state index contributed by atoms with van der Waals surface area (Å²) in [5, 5.41) is 0. The van der Waals surface area contributed by atoms with Crippen molar-refractivity contribution >= 4 is 22.8 Å². The zero-order chi connectivity index (χ0) is 17.2. The third-order valence-electron chi connectivity index (χ3n) is 3.73. The van der Waals surface area contributed by atoms with Gasteiger partial charge >= 0.3 is 12.2 Å². The molecule has 0 radical (unpaired) electrons. The van der Waals surface area contributed by atoms with E-state index in [1.165, 1.54) is 6.07 Å². The second-order valence-corrected chi connectivity index (χ2v) is 5.52. The minimum absolute atomic E-state index is 0.309. The number of benzene rings is 2. The molecule has 0 saturated heterocycles. The Morgan fingerprint density at radius 3 is 2.58 bits per heavy atom. The fourth-order valence-electron chi connectivity index (χ4n) is 2.48. The minimum Gasteiger partial charge on any atom is -0.423 e. The highest BCUT2D eigenvalue weighted by molar-refractivity contribution is 5.75. The van der Waals surface area contributed by atoms with E-state index in [2.05, 4.69) is 4.98 Å². The van der Waals surface area contributed by atoms with E-state index in [0.717, 1.165) is 25.0 Å². The first kappa shape index (κ1) is 16.4. The summed E-state index contributed by atoms with van der Waals surface area (Å²) in [4.78, 5) is 6.11. The summed E-state index contributed by atoms with van der Waals surface area (Å²) in [5.41, 5.74) is 1.03. The molecule has 0 bridgehead atoms. The molecule has 6 heteroatoms. The van der Waals surface area contributed by atoms with Crippen LogP contribution < -0.4 is 4.90 Å². The number of unbranched alkanes of at least 4 members (excludes halogenated alkanes) is 1. The van der Waals surface area contributed by atoms with Gasteiger partial charge in [0, 0.05) is 12.2 Å². The fourth-order valence-corrected chi connectivity index (χ4v) is 2.48. The van der Waals surface area contributed by atoms with Crippen molar-refractivity contribution < 1.29 is 17.6 Å². The highest BCUT2D eigenvalue weighted by Crippen LogP contribution is 2.34. The summed E-state index contributed by atoms with van der Waals surface area (Å²) in [6.45, 7) is 2.56. The lowest BCUT2D eigenvalue weighted by molar-refractivity contribution is -0.137. The monoisotopic (exact) mass is 334 g/mol. The normalized spacial score (nSPS) is 11.8. The molecule has 0 aliphatic heterocycles. The van der Waals surface area contributed by atoms with E-state index in [1.807, 2.05) is 25.1 Å². The maximum absolute atomic E-state index is 13.0. The highest BCUT2D eigenvalue weighted by Gasteiger charge is 2.31. The third-order valence-corrected chi connectivity index (χ3v) is 3.73. The molecule has 2 aromatic carbocycles. The average molecular weight is 334 g/mol. The number of anilines is 2. The average Bonchev–Trinajstić information content (AvgIpc) is 2.98. The van der Waals surface area contributed by atoms with Crippen molar-refractivity contribution in [2.24, 2.45) is 0 Å². The largest absolute Gasteiger partial charge is 0.423 e. The van der Waals surface area contributed by atoms with Gasteiger partial charge in [0.2, 0.25) is 0 Å². The summed E-state index contributed by atoms with van der Waals surface area (Å²) in [5.74, 6) is 0. The van der Waals surface area contributed by atoms with Crippen molar-refractivity contribution in [3.8, 4) is 0 Å². The molecular weight excluding hydrogens is 317 g/mol. The fraction of sp³-hybridized carbons (Fsp3) is 0.278. The first-order chi connectivity index (χ1) is 11.5. The number of fused-ring (bicyclic) bond motifs is 1. The minimum atomic E-state index is -4.38. The van der Waals surface area contributed by atoms with Crippen LogP contribution in [0.15, 0.2) is 52.9 Å². The maximum Gasteiger partial charge on any atom is 0.416 e. The van der Waals surface area contributed by atoms with E-state index < -0.39 is 11.7 Å². The van der Waals surface area contributed by atoms with E-state index in [9.17, 15) is 13.2 Å². The van der Waals surface area contributed by atoms with Gasteiger partial charge in [-0.05, 0) is 36.8 Å². The number of para-hydroxylation sites is 2. The lowest BCUT2D eigenvalue weighted by Crippen LogP contribution is -2.19. The summed E-state index contributed by atoms with van der Waals surface area (Å²) in [7, 11) is 0. The zero-order valence-electron chi connectivity index (χ0n) is 13.2. The van der Waals surface area contributed by atoms with Gasteiger partial charge in [-0.15, -0.1) is 0 Å². The van der Waals surface area contributed by atoms with Gasteiger partial charge in [-0.3, -0.25) is 4.90 Å². The summed E-state index contributed by atoms with van der Waals surface area (Å²) in [6.07, 6.45) is -2.65. The van der Waals surface area contributed by atoms with Gasteiger partial charge in [-0.25, -0.2) is 0 Å². The number of oxazole rings is 1. The molecule has 0 atom stereocenters. The summed E-state index contributed by atoms with van der Waals surface area (Å²) >= 11 is 0. The van der Waals surface area contributed by atoms with Crippen LogP contribution in [0, 0.1) is 0 Å². The molecule has 0 saturated carbocycles. The van der Waals surface area contributed by atoms with Crippen LogP contribution in [0.5, 0.6) is 0 Å². The lowest BCUT2D eigenvalue weighted by atomic mass is 10.1. The molecule has 1 aromatic heterocycles. The standard InChI is InChI=1S/C18H17F3N2O/c1-2-3-11-23(14-8-6-7-13(12-14)18(19,20)21)17-22-15-9-4-5-10-16(15)24-17/h4-10,12H,2-3,11H2,1H3. The number of aromatic nitrogens is 1. The van der Waals surface area contributed by atoms with Crippen molar-refractivity contribution in [3.05, 3.63) is 54.1 Å². The number of alkyl halides is 3. The molecule has 3 nitrogen and oxygen atoms in total. The lowest BCUT2D eigenvalue weighted by Gasteiger charge is -2.21. The zero-order valence-corrected chi connectivity index (χ0v) is 13.2. The molecule has 0 aliphatic rings. The van der Waals surface area contributed by atoms with Crippen molar-refractivity contribution in [2.75, 3.05) is 11.4 Å². The van der Waals surface area contributed by atoms with Crippen LogP contribution in [-0.2, 0) is 6.18 Å². The molecule has 126 valence electrons. The van der Waals surface area contributed by atoms with Gasteiger partial charge in [0.05, 0.1) is 5.56 Å². The van der Waals surface area contributed by atoms with Crippen LogP contribution in [-0.4, -0.2) is 11.5 Å². The summed E-state index contributed by atoms with van der Waals surface area (Å²) in [6, 6.07) is 12.8. The van der Waals surface area contributed by atoms with Crippen molar-refractivity contribution in [1.82, 2.24) is 4.98 Å². The Hall–Kier alpha value is -2.50. The topological polar surface area (TPSA) is 29.3 Å². The first-order valence-corrected chi connectivity index (χ1v) is 7.79. The Morgan fingerprint density at radius 2 is 1.88 bits per heavy atom. The first-order valence-electron chi connectivity index (χ1n) is 7.79. The van der Waals surface area contributed by atoms with Crippen LogP contribution >= 0.6 is 0 Å². The predicted molar refractivity (Wildman–Crippen MR) is 87.4 cm³/mol. The number of nitrogens with zero attached hydrogens (tertiary/aromatic N) is 2. The van der Waals surface area contributed by atoms with E-state index in [4.69, 9.17) is 4.42 Å². The van der Waals surface area contributed by atoms with Crippen LogP contribution in [0.25, 0.3) is 11.1 Å². The van der Waals surface area contributed by atoms with Gasteiger partial charge < -0.3 is 4.42 Å². The van der Waals surface area contributed by atoms with E-state index in [0.29, 0.717) is 29.3 Å². The second kappa shape index (κ2) is 6.55. The molecule has 0 fully saturated rings. The highest BCUT2D eigenvalue weighted by atomic mass is 19.4. The Balaban J connectivity index is 2.03. The molecule has 1 heterocycles. The molecule has 3 aromatic rings. The summed E-state index contributed by atoms with van der Waals surface area (Å²) < 4.78 is 44.7. The molecule has 0 unspecified atom stereocenters. The smallest absolute Gasteiger partial charge is 0.416 e. The van der Waals surface area contributed by atoms with Gasteiger partial charge in [0.1, 0.15) is 5.52 Å². The van der Waals surface area contributed by atoms with Crippen LogP contribution in [0.3, 0.4) is 0 Å². The Bertz CT molecular complexity index is 793. The Morgan fingerprint density at radius 1 is 1.08 bits per heavy atom. The molecule has 0 aliphatic carbocycles. The van der Waals surface area contributed by atoms with E-state index in [1.54, 1.807) is 17.0 Å². The van der Waals surface area contributed by atoms with Crippen LogP contribution in [0.1, 0.15) is 25.3 Å². The van der Waals surface area contributed by atoms with Crippen LogP contribution in [0.4, 0.5) is 24.9 Å². The quantitative estimate of drug-likeness (QED) is 0.592. The van der Waals surface area contributed by atoms with Crippen molar-refractivity contribution in [3.63, 3.8) is 0 Å². The molecule has 0 spiro atoms. The number of hydrogen-bond donors (Lipinski definition) is 0. The number of halogens is 3.